The van der Waals surface area contributed by atoms with E-state index in [4.69, 9.17) is 21.6 Å². The minimum atomic E-state index is -0.350. The molecule has 0 fully saturated rings. The van der Waals surface area contributed by atoms with Gasteiger partial charge in [-0.2, -0.15) is 10.4 Å². The van der Waals surface area contributed by atoms with Gasteiger partial charge in [-0.05, 0) is 38.0 Å². The number of rotatable bonds is 10. The Kier molecular flexibility index (Phi) is 8.50. The largest absolute Gasteiger partial charge is 0.490 e. The Hall–Kier alpha value is -2.85. The Morgan fingerprint density at radius 2 is 2.29 bits per heavy atom. The van der Waals surface area contributed by atoms with Gasteiger partial charge in [0.15, 0.2) is 11.6 Å². The molecule has 148 valence electrons. The first-order chi connectivity index (χ1) is 13.6. The van der Waals surface area contributed by atoms with Gasteiger partial charge in [-0.1, -0.05) is 24.9 Å². The third kappa shape index (κ3) is 6.10. The smallest absolute Gasteiger partial charge is 0.249 e. The number of carbonyl (C=O) groups excluding carboxylic acids is 1. The van der Waals surface area contributed by atoms with E-state index >= 15 is 0 Å². The number of anilines is 1. The van der Waals surface area contributed by atoms with Gasteiger partial charge in [0.25, 0.3) is 0 Å². The Morgan fingerprint density at radius 1 is 1.46 bits per heavy atom. The van der Waals surface area contributed by atoms with Crippen molar-refractivity contribution in [1.29, 1.82) is 5.26 Å². The summed E-state index contributed by atoms with van der Waals surface area (Å²) in [5.74, 6) is 0.441. The second kappa shape index (κ2) is 11.1. The number of amides is 1. The van der Waals surface area contributed by atoms with Crippen LogP contribution >= 0.6 is 11.6 Å². The zero-order chi connectivity index (χ0) is 20.4. The Morgan fingerprint density at radius 3 is 3.04 bits per heavy atom. The van der Waals surface area contributed by atoms with E-state index in [1.165, 1.54) is 6.08 Å². The number of hydrogen-bond acceptors (Lipinski definition) is 5. The molecule has 0 saturated heterocycles. The van der Waals surface area contributed by atoms with E-state index in [-0.39, 0.29) is 5.91 Å². The minimum absolute atomic E-state index is 0.329. The number of ether oxygens (including phenoxy) is 1. The zero-order valence-electron chi connectivity index (χ0n) is 16.1. The summed E-state index contributed by atoms with van der Waals surface area (Å²) in [6.07, 6.45) is 7.68. The lowest BCUT2D eigenvalue weighted by molar-refractivity contribution is -0.111. The lowest BCUT2D eigenvalue weighted by Crippen LogP contribution is -2.11. The average Bonchev–Trinajstić information content (AvgIpc) is 2.96. The second-order valence-electron chi connectivity index (χ2n) is 6.15. The van der Waals surface area contributed by atoms with Crippen LogP contribution in [0.2, 0.25) is 5.15 Å². The molecule has 0 aliphatic rings. The zero-order valence-corrected chi connectivity index (χ0v) is 16.9. The fourth-order valence-electron chi connectivity index (χ4n) is 2.46. The predicted octanol–water partition coefficient (Wildman–Crippen LogP) is 4.37. The molecular weight excluding hydrogens is 378 g/mol. The first kappa shape index (κ1) is 21.5. The van der Waals surface area contributed by atoms with Crippen LogP contribution in [0.3, 0.4) is 0 Å². The maximum absolute atomic E-state index is 12.3. The summed E-state index contributed by atoms with van der Waals surface area (Å²) in [6, 6.07) is 5.50. The van der Waals surface area contributed by atoms with Crippen molar-refractivity contribution in [1.82, 2.24) is 14.8 Å². The molecule has 8 heteroatoms. The van der Waals surface area contributed by atoms with Crippen LogP contribution in [0.25, 0.3) is 6.08 Å². The van der Waals surface area contributed by atoms with Crippen LogP contribution in [0.15, 0.2) is 24.4 Å². The summed E-state index contributed by atoms with van der Waals surface area (Å²) in [5.41, 5.74) is 1.49. The Bertz CT molecular complexity index is 870. The normalized spacial score (nSPS) is 10.8. The van der Waals surface area contributed by atoms with Gasteiger partial charge in [-0.25, -0.2) is 4.98 Å². The van der Waals surface area contributed by atoms with E-state index in [2.05, 4.69) is 28.4 Å². The first-order valence-corrected chi connectivity index (χ1v) is 9.61. The van der Waals surface area contributed by atoms with Crippen molar-refractivity contribution in [2.75, 3.05) is 11.9 Å². The average molecular weight is 402 g/mol. The lowest BCUT2D eigenvalue weighted by Gasteiger charge is -2.09. The van der Waals surface area contributed by atoms with Gasteiger partial charge in [0.2, 0.25) is 5.91 Å². The molecule has 0 radical (unpaired) electrons. The SMILES string of the molecule is CCCCn1nc(C)c(/C=C/C(=O)Nc2ncccc2OCCCC#N)c1Cl. The molecule has 2 heterocycles. The topological polar surface area (TPSA) is 92.8 Å². The number of hydrogen-bond donors (Lipinski definition) is 1. The number of nitrogens with zero attached hydrogens (tertiary/aromatic N) is 4. The van der Waals surface area contributed by atoms with E-state index in [0.29, 0.717) is 36.2 Å². The van der Waals surface area contributed by atoms with Gasteiger partial charge < -0.3 is 10.1 Å². The summed E-state index contributed by atoms with van der Waals surface area (Å²) in [6.45, 7) is 5.09. The third-order valence-electron chi connectivity index (χ3n) is 3.94. The van der Waals surface area contributed by atoms with Crippen molar-refractivity contribution in [3.63, 3.8) is 0 Å². The molecule has 1 amide bonds. The molecule has 0 saturated carbocycles. The van der Waals surface area contributed by atoms with Gasteiger partial charge in [0.1, 0.15) is 5.15 Å². The number of aryl methyl sites for hydroxylation is 2. The lowest BCUT2D eigenvalue weighted by atomic mass is 10.2. The molecule has 2 aromatic rings. The van der Waals surface area contributed by atoms with Crippen molar-refractivity contribution in [2.45, 2.75) is 46.1 Å². The van der Waals surface area contributed by atoms with Crippen LogP contribution < -0.4 is 10.1 Å². The molecular formula is C20H24ClN5O2. The van der Waals surface area contributed by atoms with Crippen LogP contribution in [0, 0.1) is 18.3 Å². The first-order valence-electron chi connectivity index (χ1n) is 9.23. The highest BCUT2D eigenvalue weighted by molar-refractivity contribution is 6.31. The fraction of sp³-hybridized carbons (Fsp3) is 0.400. The Labute approximate surface area is 170 Å². The number of aromatic nitrogens is 3. The number of nitriles is 1. The van der Waals surface area contributed by atoms with Crippen LogP contribution in [-0.4, -0.2) is 27.3 Å². The molecule has 0 unspecified atom stereocenters. The van der Waals surface area contributed by atoms with E-state index in [1.807, 2.05) is 6.92 Å². The predicted molar refractivity (Wildman–Crippen MR) is 109 cm³/mol. The number of halogens is 1. The molecule has 2 rings (SSSR count). The number of unbranched alkanes of at least 4 members (excludes halogenated alkanes) is 2. The number of pyridine rings is 1. The highest BCUT2D eigenvalue weighted by Crippen LogP contribution is 2.23. The highest BCUT2D eigenvalue weighted by atomic mass is 35.5. The number of carbonyl (C=O) groups is 1. The van der Waals surface area contributed by atoms with Gasteiger partial charge in [0, 0.05) is 30.8 Å². The monoisotopic (exact) mass is 401 g/mol. The van der Waals surface area contributed by atoms with E-state index in [1.54, 1.807) is 29.1 Å². The van der Waals surface area contributed by atoms with E-state index in [9.17, 15) is 4.79 Å². The molecule has 0 spiro atoms. The summed E-state index contributed by atoms with van der Waals surface area (Å²) >= 11 is 6.38. The molecule has 0 atom stereocenters. The molecule has 2 aromatic heterocycles. The van der Waals surface area contributed by atoms with Crippen LogP contribution in [0.4, 0.5) is 5.82 Å². The molecule has 0 aromatic carbocycles. The van der Waals surface area contributed by atoms with Crippen molar-refractivity contribution in [3.8, 4) is 11.8 Å². The fourth-order valence-corrected chi connectivity index (χ4v) is 2.79. The van der Waals surface area contributed by atoms with Crippen LogP contribution in [-0.2, 0) is 11.3 Å². The molecule has 1 N–H and O–H groups in total. The van der Waals surface area contributed by atoms with Gasteiger partial charge in [0.05, 0.1) is 18.4 Å². The van der Waals surface area contributed by atoms with Crippen LogP contribution in [0.1, 0.15) is 43.9 Å². The molecule has 0 bridgehead atoms. The minimum Gasteiger partial charge on any atom is -0.490 e. The van der Waals surface area contributed by atoms with Gasteiger partial charge in [-0.3, -0.25) is 9.48 Å². The summed E-state index contributed by atoms with van der Waals surface area (Å²) < 4.78 is 7.35. The Balaban J connectivity index is 2.03. The van der Waals surface area contributed by atoms with Crippen molar-refractivity contribution in [2.24, 2.45) is 0 Å². The highest BCUT2D eigenvalue weighted by Gasteiger charge is 2.12. The van der Waals surface area contributed by atoms with Crippen LogP contribution in [0.5, 0.6) is 5.75 Å². The third-order valence-corrected chi connectivity index (χ3v) is 4.34. The van der Waals surface area contributed by atoms with E-state index < -0.39 is 0 Å². The maximum atomic E-state index is 12.3. The van der Waals surface area contributed by atoms with Gasteiger partial charge >= 0.3 is 0 Å². The van der Waals surface area contributed by atoms with E-state index in [0.717, 1.165) is 30.6 Å². The molecule has 28 heavy (non-hydrogen) atoms. The molecule has 0 aliphatic carbocycles. The number of nitrogens with one attached hydrogen (secondary N) is 1. The summed E-state index contributed by atoms with van der Waals surface area (Å²) in [5, 5.41) is 16.2. The molecule has 0 aliphatic heterocycles. The summed E-state index contributed by atoms with van der Waals surface area (Å²) in [4.78, 5) is 16.5. The standard InChI is InChI=1S/C20H24ClN5O2/c1-3-4-13-26-19(21)16(15(2)25-26)9-10-18(27)24-20-17(8-7-12-23-20)28-14-6-5-11-22/h7-10,12H,3-6,13-14H2,1-2H3,(H,23,24,27)/b10-9+. The quantitative estimate of drug-likeness (QED) is 0.471. The van der Waals surface area contributed by atoms with Crippen molar-refractivity contribution in [3.05, 3.63) is 40.8 Å². The molecule has 7 nitrogen and oxygen atoms in total. The van der Waals surface area contributed by atoms with Crippen molar-refractivity contribution < 1.29 is 9.53 Å². The second-order valence-corrected chi connectivity index (χ2v) is 6.51. The maximum Gasteiger partial charge on any atom is 0.249 e. The van der Waals surface area contributed by atoms with Crippen molar-refractivity contribution >= 4 is 29.4 Å². The van der Waals surface area contributed by atoms with Gasteiger partial charge in [-0.15, -0.1) is 0 Å². The summed E-state index contributed by atoms with van der Waals surface area (Å²) in [7, 11) is 0.